The molecular formula is C38H49NO10Si. The van der Waals surface area contributed by atoms with Crippen LogP contribution < -0.4 is 10.1 Å². The summed E-state index contributed by atoms with van der Waals surface area (Å²) in [5.74, 6) is 0.412. The molecule has 0 spiro atoms. The van der Waals surface area contributed by atoms with Crippen molar-refractivity contribution in [2.45, 2.75) is 70.0 Å². The molecule has 0 saturated carbocycles. The van der Waals surface area contributed by atoms with E-state index in [9.17, 15) is 4.79 Å². The summed E-state index contributed by atoms with van der Waals surface area (Å²) in [7, 11) is -1.06. The molecule has 0 aliphatic carbocycles. The molecule has 4 atom stereocenters. The second-order valence-electron chi connectivity index (χ2n) is 12.8. The summed E-state index contributed by atoms with van der Waals surface area (Å²) in [6, 6.07) is 24.2. The second-order valence-corrected chi connectivity index (χ2v) is 15.4. The Hall–Kier alpha value is -3.17. The average molecular weight is 708 g/mol. The summed E-state index contributed by atoms with van der Waals surface area (Å²) < 4.78 is 55.0. The number of amides is 1. The first-order valence-electron chi connectivity index (χ1n) is 17.5. The zero-order valence-electron chi connectivity index (χ0n) is 29.2. The Morgan fingerprint density at radius 2 is 1.30 bits per heavy atom. The van der Waals surface area contributed by atoms with Crippen LogP contribution in [0.15, 0.2) is 72.8 Å². The highest BCUT2D eigenvalue weighted by Gasteiger charge is 2.60. The number of benzene rings is 3. The molecular weight excluding hydrogens is 659 g/mol. The Kier molecular flexibility index (Phi) is 13.1. The number of fused-ring (bicyclic) bond motifs is 4. The Morgan fingerprint density at radius 3 is 1.80 bits per heavy atom. The minimum atomic E-state index is -2.68. The van der Waals surface area contributed by atoms with Gasteiger partial charge in [0, 0.05) is 29.3 Å². The van der Waals surface area contributed by atoms with E-state index in [0.29, 0.717) is 70.0 Å². The van der Waals surface area contributed by atoms with E-state index in [1.807, 2.05) is 86.6 Å². The van der Waals surface area contributed by atoms with Crippen LogP contribution in [-0.4, -0.2) is 86.3 Å². The molecule has 1 N–H and O–H groups in total. The minimum Gasteiger partial charge on any atom is -0.496 e. The first-order chi connectivity index (χ1) is 24.4. The number of hydrogen-bond donors (Lipinski definition) is 1. The SMILES string of the molecule is COc1c2cc(C(=O)NCCC[Si]34OC(C)C(O3)C(C)O4)cc1COC[C@H](c1ccccc1)OCCOCCO[C@@H](c1ccccc1)COC2. The van der Waals surface area contributed by atoms with Crippen molar-refractivity contribution in [3.05, 3.63) is 101 Å². The molecule has 0 aromatic heterocycles. The third-order valence-corrected chi connectivity index (χ3v) is 12.2. The Labute approximate surface area is 295 Å². The van der Waals surface area contributed by atoms with Gasteiger partial charge in [0.1, 0.15) is 18.0 Å². The van der Waals surface area contributed by atoms with Crippen LogP contribution in [0.25, 0.3) is 0 Å². The maximum absolute atomic E-state index is 13.6. The molecule has 3 aliphatic rings. The molecule has 3 heterocycles. The zero-order chi connectivity index (χ0) is 34.8. The number of hydrogen-bond acceptors (Lipinski definition) is 10. The second kappa shape index (κ2) is 17.8. The van der Waals surface area contributed by atoms with Gasteiger partial charge in [-0.3, -0.25) is 4.79 Å². The van der Waals surface area contributed by atoms with Crippen molar-refractivity contribution in [1.29, 1.82) is 0 Å². The molecule has 6 rings (SSSR count). The molecule has 3 aromatic rings. The number of carbonyl (C=O) groups excluding carboxylic acids is 1. The molecule has 2 unspecified atom stereocenters. The molecule has 50 heavy (non-hydrogen) atoms. The van der Waals surface area contributed by atoms with Crippen molar-refractivity contribution in [2.24, 2.45) is 0 Å². The van der Waals surface area contributed by atoms with Crippen molar-refractivity contribution in [3.8, 4) is 5.75 Å². The lowest BCUT2D eigenvalue weighted by molar-refractivity contribution is -0.0646. The molecule has 2 saturated heterocycles. The van der Waals surface area contributed by atoms with Crippen LogP contribution in [0.4, 0.5) is 0 Å². The predicted octanol–water partition coefficient (Wildman–Crippen LogP) is 5.56. The molecule has 3 aromatic carbocycles. The Morgan fingerprint density at radius 1 is 0.760 bits per heavy atom. The van der Waals surface area contributed by atoms with Crippen LogP contribution >= 0.6 is 0 Å². The van der Waals surface area contributed by atoms with Gasteiger partial charge in [0.25, 0.3) is 5.91 Å². The Bertz CT molecular complexity index is 1420. The van der Waals surface area contributed by atoms with Gasteiger partial charge in [-0.2, -0.15) is 0 Å². The van der Waals surface area contributed by atoms with Crippen molar-refractivity contribution < 1.29 is 46.5 Å². The van der Waals surface area contributed by atoms with E-state index in [1.54, 1.807) is 7.11 Å². The van der Waals surface area contributed by atoms with E-state index in [2.05, 4.69) is 5.32 Å². The van der Waals surface area contributed by atoms with Crippen LogP contribution in [0, 0.1) is 0 Å². The van der Waals surface area contributed by atoms with Gasteiger partial charge < -0.3 is 47.0 Å². The summed E-state index contributed by atoms with van der Waals surface area (Å²) in [5, 5.41) is 3.07. The van der Waals surface area contributed by atoms with Gasteiger partial charge in [-0.15, -0.1) is 0 Å². The third-order valence-electron chi connectivity index (χ3n) is 9.12. The number of carbonyl (C=O) groups is 1. The molecule has 12 heteroatoms. The fraction of sp³-hybridized carbons (Fsp3) is 0.500. The fourth-order valence-corrected chi connectivity index (χ4v) is 10.0. The van der Waals surface area contributed by atoms with Gasteiger partial charge in [-0.25, -0.2) is 0 Å². The van der Waals surface area contributed by atoms with Gasteiger partial charge >= 0.3 is 8.80 Å². The number of ether oxygens (including phenoxy) is 6. The number of nitrogens with one attached hydrogen (secondary N) is 1. The van der Waals surface area contributed by atoms with Crippen molar-refractivity contribution in [3.63, 3.8) is 0 Å². The third kappa shape index (κ3) is 9.38. The molecule has 1 amide bonds. The fourth-order valence-electron chi connectivity index (χ4n) is 6.68. The van der Waals surface area contributed by atoms with E-state index >= 15 is 0 Å². The van der Waals surface area contributed by atoms with Crippen LogP contribution in [0.1, 0.15) is 65.1 Å². The maximum atomic E-state index is 13.6. The van der Waals surface area contributed by atoms with E-state index < -0.39 is 8.80 Å². The lowest BCUT2D eigenvalue weighted by Gasteiger charge is -2.26. The standard InChI is InChI=1S/C38H49NO10Si/c1-27-36-28(2)48-50(47-27,49-36)20-10-15-39-38(40)31-21-32-23-43-25-34(29-11-6-4-7-12-29)45-18-16-42-17-19-46-35(30-13-8-5-9-14-30)26-44-24-33(22-31)37(32)41-3/h4-9,11-14,21-22,27-28,34-36H,10,15-20,23-26H2,1-3H3,(H,39,40)/t27?,28?,34-,35-,36?,50?/m1/s1. The van der Waals surface area contributed by atoms with E-state index in [0.717, 1.165) is 22.3 Å². The monoisotopic (exact) mass is 707 g/mol. The van der Waals surface area contributed by atoms with Crippen LogP contribution in [0.3, 0.4) is 0 Å². The molecule has 4 bridgehead atoms. The first-order valence-corrected chi connectivity index (χ1v) is 19.5. The lowest BCUT2D eigenvalue weighted by Crippen LogP contribution is -2.44. The van der Waals surface area contributed by atoms with Crippen molar-refractivity contribution >= 4 is 14.7 Å². The van der Waals surface area contributed by atoms with E-state index in [-0.39, 0.29) is 49.6 Å². The van der Waals surface area contributed by atoms with Crippen LogP contribution in [-0.2, 0) is 50.2 Å². The van der Waals surface area contributed by atoms with Gasteiger partial charge in [0.2, 0.25) is 0 Å². The smallest absolute Gasteiger partial charge is 0.496 e. The topological polar surface area (TPSA) is 112 Å². The zero-order valence-corrected chi connectivity index (χ0v) is 30.2. The molecule has 0 radical (unpaired) electrons. The molecule has 3 aliphatic heterocycles. The quantitative estimate of drug-likeness (QED) is 0.236. The normalized spacial score (nSPS) is 28.0. The highest BCUT2D eigenvalue weighted by Crippen LogP contribution is 2.40. The maximum Gasteiger partial charge on any atom is 0.502 e. The largest absolute Gasteiger partial charge is 0.502 e. The summed E-state index contributed by atoms with van der Waals surface area (Å²) in [5.41, 5.74) is 3.97. The summed E-state index contributed by atoms with van der Waals surface area (Å²) in [6.07, 6.45) is 0.133. The number of methoxy groups -OCH3 is 1. The van der Waals surface area contributed by atoms with Gasteiger partial charge in [0.15, 0.2) is 0 Å². The first kappa shape index (κ1) is 36.6. The van der Waals surface area contributed by atoms with Gasteiger partial charge in [-0.05, 0) is 43.5 Å². The van der Waals surface area contributed by atoms with Gasteiger partial charge in [0.05, 0.1) is 78.3 Å². The molecule has 11 nitrogen and oxygen atoms in total. The summed E-state index contributed by atoms with van der Waals surface area (Å²) >= 11 is 0. The van der Waals surface area contributed by atoms with Crippen molar-refractivity contribution in [1.82, 2.24) is 5.32 Å². The highest BCUT2D eigenvalue weighted by molar-refractivity contribution is 6.62. The summed E-state index contributed by atoms with van der Waals surface area (Å²) in [4.78, 5) is 13.6. The van der Waals surface area contributed by atoms with Crippen LogP contribution in [0.5, 0.6) is 5.75 Å². The average Bonchev–Trinajstić information content (AvgIpc) is 3.64. The van der Waals surface area contributed by atoms with E-state index in [1.165, 1.54) is 0 Å². The summed E-state index contributed by atoms with van der Waals surface area (Å²) in [6.45, 7) is 7.14. The van der Waals surface area contributed by atoms with Crippen LogP contribution in [0.2, 0.25) is 6.04 Å². The van der Waals surface area contributed by atoms with Crippen molar-refractivity contribution in [2.75, 3.05) is 53.3 Å². The number of rotatable bonds is 8. The molecule has 2 fully saturated rings. The van der Waals surface area contributed by atoms with Gasteiger partial charge in [-0.1, -0.05) is 60.7 Å². The lowest BCUT2D eigenvalue weighted by atomic mass is 10.0. The highest BCUT2D eigenvalue weighted by atomic mass is 28.4. The predicted molar refractivity (Wildman–Crippen MR) is 187 cm³/mol. The minimum absolute atomic E-state index is 0.00768. The Balaban J connectivity index is 1.18. The van der Waals surface area contributed by atoms with E-state index in [4.69, 9.17) is 41.7 Å². The molecule has 270 valence electrons.